The molecule has 21 heavy (non-hydrogen) atoms. The van der Waals surface area contributed by atoms with E-state index in [1.165, 1.54) is 32.1 Å². The van der Waals surface area contributed by atoms with Crippen LogP contribution in [0.2, 0.25) is 0 Å². The van der Waals surface area contributed by atoms with Gasteiger partial charge in [0.25, 0.3) is 0 Å². The van der Waals surface area contributed by atoms with Gasteiger partial charge in [-0.05, 0) is 31.5 Å². The van der Waals surface area contributed by atoms with Crippen molar-refractivity contribution in [3.05, 3.63) is 24.3 Å². The molecule has 0 aliphatic heterocycles. The first-order chi connectivity index (χ1) is 10.3. The summed E-state index contributed by atoms with van der Waals surface area (Å²) in [6, 6.07) is 8.64. The first-order valence-electron chi connectivity index (χ1n) is 8.33. The Kier molecular flexibility index (Phi) is 4.39. The minimum Gasteiger partial charge on any atom is -0.493 e. The maximum atomic E-state index is 6.38. The number of rotatable bonds is 5. The minimum atomic E-state index is 0.332. The van der Waals surface area contributed by atoms with E-state index in [4.69, 9.17) is 9.47 Å². The van der Waals surface area contributed by atoms with Gasteiger partial charge in [-0.25, -0.2) is 0 Å². The Morgan fingerprint density at radius 1 is 1.14 bits per heavy atom. The van der Waals surface area contributed by atoms with Gasteiger partial charge >= 0.3 is 0 Å². The van der Waals surface area contributed by atoms with E-state index in [0.717, 1.165) is 24.5 Å². The SMILES string of the molecule is CCNC1CC(Oc2ccccc2OC)C12CCCCC2. The van der Waals surface area contributed by atoms with Crippen LogP contribution in [0.3, 0.4) is 0 Å². The topological polar surface area (TPSA) is 30.5 Å². The highest BCUT2D eigenvalue weighted by Crippen LogP contribution is 2.53. The smallest absolute Gasteiger partial charge is 0.161 e. The zero-order valence-corrected chi connectivity index (χ0v) is 13.2. The molecule has 2 fully saturated rings. The summed E-state index contributed by atoms with van der Waals surface area (Å²) in [5, 5.41) is 3.68. The average Bonchev–Trinajstić information content (AvgIpc) is 2.55. The monoisotopic (exact) mass is 289 g/mol. The Labute approximate surface area is 128 Å². The van der Waals surface area contributed by atoms with Crippen molar-refractivity contribution in [3.63, 3.8) is 0 Å². The van der Waals surface area contributed by atoms with Crippen LogP contribution in [-0.2, 0) is 0 Å². The van der Waals surface area contributed by atoms with E-state index < -0.39 is 0 Å². The lowest BCUT2D eigenvalue weighted by Crippen LogP contribution is -2.65. The molecule has 0 amide bonds. The average molecular weight is 289 g/mol. The fourth-order valence-electron chi connectivity index (χ4n) is 4.20. The third kappa shape index (κ3) is 2.64. The van der Waals surface area contributed by atoms with Gasteiger partial charge in [-0.15, -0.1) is 0 Å². The molecule has 116 valence electrons. The van der Waals surface area contributed by atoms with Gasteiger partial charge in [0, 0.05) is 17.9 Å². The normalized spacial score (nSPS) is 27.1. The maximum Gasteiger partial charge on any atom is 0.161 e. The van der Waals surface area contributed by atoms with Crippen molar-refractivity contribution in [2.75, 3.05) is 13.7 Å². The summed E-state index contributed by atoms with van der Waals surface area (Å²) in [4.78, 5) is 0. The molecule has 3 heteroatoms. The Morgan fingerprint density at radius 2 is 1.86 bits per heavy atom. The molecule has 0 radical (unpaired) electrons. The quantitative estimate of drug-likeness (QED) is 0.895. The van der Waals surface area contributed by atoms with Gasteiger partial charge in [0.15, 0.2) is 11.5 Å². The molecule has 2 aliphatic rings. The molecule has 1 aromatic rings. The molecule has 1 N–H and O–H groups in total. The fraction of sp³-hybridized carbons (Fsp3) is 0.667. The fourth-order valence-corrected chi connectivity index (χ4v) is 4.20. The second-order valence-electron chi connectivity index (χ2n) is 6.40. The van der Waals surface area contributed by atoms with E-state index in [1.807, 2.05) is 24.3 Å². The molecule has 2 unspecified atom stereocenters. The second kappa shape index (κ2) is 6.27. The zero-order valence-electron chi connectivity index (χ0n) is 13.2. The van der Waals surface area contributed by atoms with Gasteiger partial charge in [-0.3, -0.25) is 0 Å². The van der Waals surface area contributed by atoms with Gasteiger partial charge in [-0.2, -0.15) is 0 Å². The van der Waals surface area contributed by atoms with Crippen molar-refractivity contribution in [2.24, 2.45) is 5.41 Å². The number of methoxy groups -OCH3 is 1. The van der Waals surface area contributed by atoms with Crippen LogP contribution < -0.4 is 14.8 Å². The summed E-state index contributed by atoms with van der Waals surface area (Å²) in [5.41, 5.74) is 0.342. The first kappa shape index (κ1) is 14.7. The molecular weight excluding hydrogens is 262 g/mol. The Balaban J connectivity index is 1.75. The highest BCUT2D eigenvalue weighted by molar-refractivity contribution is 5.40. The number of hydrogen-bond acceptors (Lipinski definition) is 3. The predicted molar refractivity (Wildman–Crippen MR) is 85.0 cm³/mol. The summed E-state index contributed by atoms with van der Waals surface area (Å²) >= 11 is 0. The van der Waals surface area contributed by atoms with Crippen LogP contribution in [-0.4, -0.2) is 25.8 Å². The minimum absolute atomic E-state index is 0.332. The van der Waals surface area contributed by atoms with Crippen LogP contribution in [0.15, 0.2) is 24.3 Å². The van der Waals surface area contributed by atoms with Crippen LogP contribution in [0.25, 0.3) is 0 Å². The maximum absolute atomic E-state index is 6.38. The molecule has 2 atom stereocenters. The second-order valence-corrected chi connectivity index (χ2v) is 6.40. The predicted octanol–water partition coefficient (Wildman–Crippen LogP) is 3.77. The molecule has 3 rings (SSSR count). The summed E-state index contributed by atoms with van der Waals surface area (Å²) in [5.74, 6) is 1.74. The van der Waals surface area contributed by atoms with Crippen molar-refractivity contribution >= 4 is 0 Å². The molecule has 0 bridgehead atoms. The van der Waals surface area contributed by atoms with Crippen molar-refractivity contribution in [2.45, 2.75) is 57.6 Å². The van der Waals surface area contributed by atoms with E-state index in [0.29, 0.717) is 17.6 Å². The van der Waals surface area contributed by atoms with Crippen LogP contribution in [0, 0.1) is 5.41 Å². The molecule has 0 saturated heterocycles. The standard InChI is InChI=1S/C18H27NO2/c1-3-19-16-13-17(18(16)11-7-4-8-12-18)21-15-10-6-5-9-14(15)20-2/h5-6,9-10,16-17,19H,3-4,7-8,11-13H2,1-2H3. The van der Waals surface area contributed by atoms with E-state index >= 15 is 0 Å². The van der Waals surface area contributed by atoms with Crippen LogP contribution in [0.4, 0.5) is 0 Å². The van der Waals surface area contributed by atoms with Crippen LogP contribution in [0.1, 0.15) is 45.4 Å². The first-order valence-corrected chi connectivity index (χ1v) is 8.33. The summed E-state index contributed by atoms with van der Waals surface area (Å²) in [6.07, 6.45) is 8.10. The number of ether oxygens (including phenoxy) is 2. The summed E-state index contributed by atoms with van der Waals surface area (Å²) < 4.78 is 11.8. The van der Waals surface area contributed by atoms with Crippen LogP contribution in [0.5, 0.6) is 11.5 Å². The van der Waals surface area contributed by atoms with Crippen molar-refractivity contribution in [1.82, 2.24) is 5.32 Å². The third-order valence-electron chi connectivity index (χ3n) is 5.36. The lowest BCUT2D eigenvalue weighted by Gasteiger charge is -2.57. The summed E-state index contributed by atoms with van der Waals surface area (Å²) in [6.45, 7) is 3.25. The molecule has 0 heterocycles. The van der Waals surface area contributed by atoms with E-state index in [-0.39, 0.29) is 0 Å². The molecule has 2 saturated carbocycles. The van der Waals surface area contributed by atoms with Crippen LogP contribution >= 0.6 is 0 Å². The Morgan fingerprint density at radius 3 is 2.52 bits per heavy atom. The van der Waals surface area contributed by atoms with Crippen molar-refractivity contribution < 1.29 is 9.47 Å². The molecule has 3 nitrogen and oxygen atoms in total. The van der Waals surface area contributed by atoms with Gasteiger partial charge in [0.1, 0.15) is 6.10 Å². The van der Waals surface area contributed by atoms with E-state index in [1.54, 1.807) is 7.11 Å². The largest absolute Gasteiger partial charge is 0.493 e. The zero-order chi connectivity index (χ0) is 14.7. The van der Waals surface area contributed by atoms with Gasteiger partial charge in [-0.1, -0.05) is 38.3 Å². The Bertz CT molecular complexity index is 468. The van der Waals surface area contributed by atoms with Crippen molar-refractivity contribution in [1.29, 1.82) is 0 Å². The van der Waals surface area contributed by atoms with Gasteiger partial charge < -0.3 is 14.8 Å². The summed E-state index contributed by atoms with van der Waals surface area (Å²) in [7, 11) is 1.71. The molecular formula is C18H27NO2. The molecule has 2 aliphatic carbocycles. The third-order valence-corrected chi connectivity index (χ3v) is 5.36. The van der Waals surface area contributed by atoms with E-state index in [2.05, 4.69) is 12.2 Å². The Hall–Kier alpha value is -1.22. The number of hydrogen-bond donors (Lipinski definition) is 1. The molecule has 1 aromatic carbocycles. The highest BCUT2D eigenvalue weighted by Gasteiger charge is 2.56. The van der Waals surface area contributed by atoms with E-state index in [9.17, 15) is 0 Å². The number of benzene rings is 1. The highest BCUT2D eigenvalue weighted by atomic mass is 16.5. The lowest BCUT2D eigenvalue weighted by atomic mass is 9.55. The van der Waals surface area contributed by atoms with Gasteiger partial charge in [0.2, 0.25) is 0 Å². The van der Waals surface area contributed by atoms with Gasteiger partial charge in [0.05, 0.1) is 7.11 Å². The number of nitrogens with one attached hydrogen (secondary N) is 1. The lowest BCUT2D eigenvalue weighted by molar-refractivity contribution is -0.103. The number of para-hydroxylation sites is 2. The molecule has 0 aromatic heterocycles. The van der Waals surface area contributed by atoms with Crippen molar-refractivity contribution in [3.8, 4) is 11.5 Å². The molecule has 1 spiro atoms.